The molecule has 5 nitrogen and oxygen atoms in total. The Balaban J connectivity index is 4.27. The molecule has 96 valence electrons. The number of thiocarbonyl (C=S) groups is 1. The fourth-order valence-corrected chi connectivity index (χ4v) is 1.66. The number of nitrogens with one attached hydrogen (secondary N) is 1. The molecule has 3 N–H and O–H groups in total. The third-order valence-corrected chi connectivity index (χ3v) is 3.25. The van der Waals surface area contributed by atoms with Crippen molar-refractivity contribution in [2.24, 2.45) is 5.73 Å². The van der Waals surface area contributed by atoms with Gasteiger partial charge in [-0.05, 0) is 0 Å². The number of nitrogens with two attached hydrogens (primary N) is 1. The molecule has 0 aliphatic carbocycles. The van der Waals surface area contributed by atoms with Gasteiger partial charge < -0.3 is 5.73 Å². The molecule has 0 saturated heterocycles. The van der Waals surface area contributed by atoms with Gasteiger partial charge in [-0.25, -0.2) is 0 Å². The van der Waals surface area contributed by atoms with Gasteiger partial charge in [0.25, 0.3) is 10.2 Å². The highest BCUT2D eigenvalue weighted by atomic mass is 32.2. The topological polar surface area (TPSA) is 75.4 Å². The summed E-state index contributed by atoms with van der Waals surface area (Å²) in [5.74, 6) is 0. The van der Waals surface area contributed by atoms with Gasteiger partial charge in [-0.15, -0.1) is 0 Å². The lowest BCUT2D eigenvalue weighted by Gasteiger charge is -2.17. The van der Waals surface area contributed by atoms with Crippen LogP contribution in [0, 0.1) is 0 Å². The Bertz CT molecular complexity index is 341. The molecule has 0 aromatic rings. The smallest absolute Gasteiger partial charge is 0.393 e. The van der Waals surface area contributed by atoms with Crippen LogP contribution in [0.3, 0.4) is 0 Å². The summed E-state index contributed by atoms with van der Waals surface area (Å²) >= 11 is 4.52. The number of hydrogen-bond donors (Lipinski definition) is 2. The van der Waals surface area contributed by atoms with Gasteiger partial charge in [0.05, 0.1) is 4.99 Å². The lowest BCUT2D eigenvalue weighted by Crippen LogP contribution is -2.43. The zero-order valence-electron chi connectivity index (χ0n) is 8.41. The van der Waals surface area contributed by atoms with Crippen LogP contribution in [0.4, 0.5) is 13.2 Å². The van der Waals surface area contributed by atoms with Crippen LogP contribution in [0.2, 0.25) is 0 Å². The van der Waals surface area contributed by atoms with Crippen molar-refractivity contribution in [3.05, 3.63) is 0 Å². The lowest BCUT2D eigenvalue weighted by atomic mass is 10.4. The van der Waals surface area contributed by atoms with Gasteiger partial charge in [0, 0.05) is 20.0 Å². The van der Waals surface area contributed by atoms with Gasteiger partial charge in [0.2, 0.25) is 0 Å². The minimum Gasteiger partial charge on any atom is -0.393 e. The highest BCUT2D eigenvalue weighted by Crippen LogP contribution is 2.13. The fraction of sp³-hybridized carbons (Fsp3) is 0.833. The minimum absolute atomic E-state index is 0.0669. The highest BCUT2D eigenvalue weighted by Gasteiger charge is 2.30. The molecule has 0 spiro atoms. The minimum atomic E-state index is -4.59. The molecule has 0 aromatic heterocycles. The van der Waals surface area contributed by atoms with E-state index in [-0.39, 0.29) is 18.0 Å². The summed E-state index contributed by atoms with van der Waals surface area (Å²) in [6.07, 6.45) is -4.48. The lowest BCUT2D eigenvalue weighted by molar-refractivity contribution is -0.121. The summed E-state index contributed by atoms with van der Waals surface area (Å²) in [5, 5.41) is 0. The van der Waals surface area contributed by atoms with E-state index in [9.17, 15) is 21.6 Å². The van der Waals surface area contributed by atoms with Crippen molar-refractivity contribution in [1.29, 1.82) is 0 Å². The third kappa shape index (κ3) is 6.93. The first-order valence-corrected chi connectivity index (χ1v) is 5.95. The summed E-state index contributed by atoms with van der Waals surface area (Å²) in [6, 6.07) is 0. The standard InChI is InChI=1S/C6H12F3N3O2S2/c1-12(3-2-5(10)15)16(13,14)11-4-6(7,8)9/h11H,2-4H2,1H3,(H2,10,15). The average Bonchev–Trinajstić information content (AvgIpc) is 2.10. The number of nitrogens with zero attached hydrogens (tertiary/aromatic N) is 1. The monoisotopic (exact) mass is 279 g/mol. The number of halogens is 3. The molecule has 0 rings (SSSR count). The second-order valence-electron chi connectivity index (χ2n) is 2.98. The van der Waals surface area contributed by atoms with E-state index in [2.05, 4.69) is 12.2 Å². The zero-order chi connectivity index (χ0) is 13.0. The van der Waals surface area contributed by atoms with Crippen LogP contribution in [0.25, 0.3) is 0 Å². The van der Waals surface area contributed by atoms with Gasteiger partial charge >= 0.3 is 6.18 Å². The first kappa shape index (κ1) is 15.6. The first-order valence-electron chi connectivity index (χ1n) is 4.10. The number of alkyl halides is 3. The molecule has 0 saturated carbocycles. The maximum absolute atomic E-state index is 11.8. The average molecular weight is 279 g/mol. The molecule has 0 fully saturated rings. The Labute approximate surface area is 97.0 Å². The molecule has 0 atom stereocenters. The molecule has 0 bridgehead atoms. The van der Waals surface area contributed by atoms with Gasteiger partial charge in [-0.2, -0.15) is 30.6 Å². The highest BCUT2D eigenvalue weighted by molar-refractivity contribution is 7.87. The maximum Gasteiger partial charge on any atom is 0.402 e. The SMILES string of the molecule is CN(CCC(N)=S)S(=O)(=O)NCC(F)(F)F. The summed E-state index contributed by atoms with van der Waals surface area (Å²) in [5.41, 5.74) is 5.14. The molecular weight excluding hydrogens is 267 g/mol. The molecule has 0 aliphatic rings. The normalized spacial score (nSPS) is 13.1. The van der Waals surface area contributed by atoms with Crippen LogP contribution in [-0.2, 0) is 10.2 Å². The van der Waals surface area contributed by atoms with Gasteiger partial charge in [-0.3, -0.25) is 0 Å². The molecule has 0 amide bonds. The quantitative estimate of drug-likeness (QED) is 0.671. The summed E-state index contributed by atoms with van der Waals surface area (Å²) in [4.78, 5) is 0.0953. The van der Waals surface area contributed by atoms with Crippen molar-refractivity contribution in [2.75, 3.05) is 20.1 Å². The Hall–Kier alpha value is -0.450. The Morgan fingerprint density at radius 2 is 2.00 bits per heavy atom. The van der Waals surface area contributed by atoms with E-state index in [0.717, 1.165) is 11.4 Å². The van der Waals surface area contributed by atoms with Crippen molar-refractivity contribution in [3.63, 3.8) is 0 Å². The van der Waals surface area contributed by atoms with Gasteiger partial charge in [0.15, 0.2) is 0 Å². The van der Waals surface area contributed by atoms with Crippen LogP contribution in [-0.4, -0.2) is 44.0 Å². The molecule has 0 heterocycles. The largest absolute Gasteiger partial charge is 0.402 e. The second kappa shape index (κ2) is 5.75. The summed E-state index contributed by atoms with van der Waals surface area (Å²) < 4.78 is 59.9. The molecule has 0 radical (unpaired) electrons. The Morgan fingerprint density at radius 1 is 1.50 bits per heavy atom. The van der Waals surface area contributed by atoms with Crippen molar-refractivity contribution >= 4 is 27.4 Å². The van der Waals surface area contributed by atoms with Crippen LogP contribution in [0.5, 0.6) is 0 Å². The summed E-state index contributed by atoms with van der Waals surface area (Å²) in [7, 11) is -3.01. The van der Waals surface area contributed by atoms with Crippen LogP contribution in [0.1, 0.15) is 6.42 Å². The van der Waals surface area contributed by atoms with Crippen LogP contribution >= 0.6 is 12.2 Å². The van der Waals surface area contributed by atoms with Crippen molar-refractivity contribution in [2.45, 2.75) is 12.6 Å². The van der Waals surface area contributed by atoms with E-state index in [1.165, 1.54) is 4.72 Å². The van der Waals surface area contributed by atoms with E-state index in [1.54, 1.807) is 0 Å². The molecular formula is C6H12F3N3O2S2. The Kier molecular flexibility index (Phi) is 5.59. The van der Waals surface area contributed by atoms with E-state index in [1.807, 2.05) is 0 Å². The number of hydrogen-bond acceptors (Lipinski definition) is 3. The second-order valence-corrected chi connectivity index (χ2v) is 5.37. The van der Waals surface area contributed by atoms with Crippen LogP contribution < -0.4 is 10.5 Å². The van der Waals surface area contributed by atoms with E-state index >= 15 is 0 Å². The number of rotatable bonds is 6. The molecule has 10 heteroatoms. The molecule has 0 aromatic carbocycles. The molecule has 0 aliphatic heterocycles. The first-order chi connectivity index (χ1) is 7.04. The van der Waals surface area contributed by atoms with Crippen molar-refractivity contribution < 1.29 is 21.6 Å². The Morgan fingerprint density at radius 3 is 2.38 bits per heavy atom. The van der Waals surface area contributed by atoms with Gasteiger partial charge in [-0.1, -0.05) is 12.2 Å². The van der Waals surface area contributed by atoms with E-state index < -0.39 is 22.9 Å². The third-order valence-electron chi connectivity index (χ3n) is 1.54. The summed E-state index contributed by atoms with van der Waals surface area (Å²) in [6.45, 7) is -1.67. The maximum atomic E-state index is 11.8. The van der Waals surface area contributed by atoms with Crippen LogP contribution in [0.15, 0.2) is 0 Å². The van der Waals surface area contributed by atoms with Crippen molar-refractivity contribution in [1.82, 2.24) is 9.03 Å². The fourth-order valence-electron chi connectivity index (χ4n) is 0.671. The van der Waals surface area contributed by atoms with Gasteiger partial charge in [0.1, 0.15) is 6.54 Å². The zero-order valence-corrected chi connectivity index (χ0v) is 10.0. The van der Waals surface area contributed by atoms with E-state index in [0.29, 0.717) is 0 Å². The molecule has 0 unspecified atom stereocenters. The van der Waals surface area contributed by atoms with Crippen molar-refractivity contribution in [3.8, 4) is 0 Å². The predicted molar refractivity (Wildman–Crippen MR) is 57.0 cm³/mol. The van der Waals surface area contributed by atoms with E-state index in [4.69, 9.17) is 5.73 Å². The predicted octanol–water partition coefficient (Wildman–Crippen LogP) is -0.00890. The molecule has 16 heavy (non-hydrogen) atoms.